The molecular weight excluding hydrogens is 394 g/mol. The van der Waals surface area contributed by atoms with E-state index in [2.05, 4.69) is 46.5 Å². The van der Waals surface area contributed by atoms with Gasteiger partial charge in [0.05, 0.1) is 6.04 Å². The number of hydrogen-bond donors (Lipinski definition) is 1. The molecule has 1 saturated carbocycles. The summed E-state index contributed by atoms with van der Waals surface area (Å²) in [5.41, 5.74) is 6.13. The van der Waals surface area contributed by atoms with E-state index in [1.165, 1.54) is 81.3 Å². The van der Waals surface area contributed by atoms with E-state index in [1.54, 1.807) is 0 Å². The van der Waals surface area contributed by atoms with Crippen molar-refractivity contribution in [1.82, 2.24) is 15.1 Å². The molecule has 2 aliphatic heterocycles. The highest BCUT2D eigenvalue weighted by atomic mass is 16.1. The van der Waals surface area contributed by atoms with Crippen LogP contribution in [0.25, 0.3) is 5.70 Å². The number of benzene rings is 1. The monoisotopic (exact) mass is 435 g/mol. The fraction of sp³-hybridized carbons (Fsp3) is 0.607. The van der Waals surface area contributed by atoms with Crippen molar-refractivity contribution in [3.05, 3.63) is 53.7 Å². The van der Waals surface area contributed by atoms with E-state index in [0.717, 1.165) is 36.6 Å². The Morgan fingerprint density at radius 1 is 1.19 bits per heavy atom. The van der Waals surface area contributed by atoms with E-state index >= 15 is 0 Å². The van der Waals surface area contributed by atoms with Gasteiger partial charge in [-0.15, -0.1) is 0 Å². The van der Waals surface area contributed by atoms with Crippen LogP contribution in [0.15, 0.2) is 37.1 Å². The first-order valence-corrected chi connectivity index (χ1v) is 12.7. The van der Waals surface area contributed by atoms with E-state index in [4.69, 9.17) is 0 Å². The Kier molecular flexibility index (Phi) is 7.72. The van der Waals surface area contributed by atoms with Crippen molar-refractivity contribution < 1.29 is 4.79 Å². The second-order valence-corrected chi connectivity index (χ2v) is 10.1. The largest absolute Gasteiger partial charge is 0.390 e. The number of carbonyl (C=O) groups excluding carboxylic acids is 1. The number of carbonyl (C=O) groups is 1. The molecular formula is C28H41N3O. The lowest BCUT2D eigenvalue weighted by Crippen LogP contribution is -2.37. The van der Waals surface area contributed by atoms with Crippen LogP contribution < -0.4 is 5.32 Å². The molecule has 0 bridgehead atoms. The molecule has 3 aliphatic rings. The van der Waals surface area contributed by atoms with Crippen molar-refractivity contribution in [2.24, 2.45) is 5.92 Å². The van der Waals surface area contributed by atoms with Gasteiger partial charge in [0.2, 0.25) is 0 Å². The Balaban J connectivity index is 1.38. The van der Waals surface area contributed by atoms with Gasteiger partial charge in [-0.1, -0.05) is 50.6 Å². The number of nitrogens with zero attached hydrogens (tertiary/aromatic N) is 2. The Bertz CT molecular complexity index is 818. The third kappa shape index (κ3) is 5.11. The van der Waals surface area contributed by atoms with Gasteiger partial charge in [0.15, 0.2) is 0 Å². The zero-order valence-corrected chi connectivity index (χ0v) is 20.0. The molecule has 4 heteroatoms. The van der Waals surface area contributed by atoms with Crippen LogP contribution in [0.2, 0.25) is 0 Å². The highest BCUT2D eigenvalue weighted by Gasteiger charge is 2.31. The first kappa shape index (κ1) is 23.1. The minimum Gasteiger partial charge on any atom is -0.390 e. The number of fused-ring (bicyclic) bond motifs is 1. The van der Waals surface area contributed by atoms with Gasteiger partial charge >= 0.3 is 0 Å². The maximum Gasteiger partial charge on any atom is 0.120 e. The molecule has 0 amide bonds. The van der Waals surface area contributed by atoms with Crippen LogP contribution in [0.5, 0.6) is 0 Å². The molecule has 32 heavy (non-hydrogen) atoms. The molecule has 4 rings (SSSR count). The topological polar surface area (TPSA) is 35.6 Å². The zero-order chi connectivity index (χ0) is 22.5. The SMILES string of the molecule is C=C(NC)C(CCC=O)N1Cc2cc(C3CCN(CC4CCCCC4)CC3)ccc2C1=C. The molecule has 4 nitrogen and oxygen atoms in total. The van der Waals surface area contributed by atoms with E-state index in [0.29, 0.717) is 12.3 Å². The molecule has 0 spiro atoms. The minimum atomic E-state index is 0.0941. The standard InChI is InChI=1S/C28H41N3O/c1-21(29-3)28(10-7-17-32)31-20-26-18-25(11-12-27(26)22(31)2)24-13-15-30(16-14-24)19-23-8-5-4-6-9-23/h11-12,17-18,23-24,28-29H,1-2,4-10,13-16,19-20H2,3H3. The summed E-state index contributed by atoms with van der Waals surface area (Å²) < 4.78 is 0. The lowest BCUT2D eigenvalue weighted by molar-refractivity contribution is -0.108. The van der Waals surface area contributed by atoms with Gasteiger partial charge in [0.1, 0.15) is 6.29 Å². The van der Waals surface area contributed by atoms with Gasteiger partial charge in [-0.3, -0.25) is 0 Å². The van der Waals surface area contributed by atoms with Crippen LogP contribution >= 0.6 is 0 Å². The van der Waals surface area contributed by atoms with E-state index in [-0.39, 0.29) is 6.04 Å². The third-order valence-electron chi connectivity index (χ3n) is 8.09. The number of hydrogen-bond acceptors (Lipinski definition) is 4. The Morgan fingerprint density at radius 3 is 2.62 bits per heavy atom. The summed E-state index contributed by atoms with van der Waals surface area (Å²) in [6.45, 7) is 13.2. The molecule has 1 N–H and O–H groups in total. The van der Waals surface area contributed by atoms with Crippen molar-refractivity contribution in [2.75, 3.05) is 26.7 Å². The molecule has 1 aromatic carbocycles. The Labute approximate surface area is 194 Å². The Hall–Kier alpha value is -2.07. The second-order valence-electron chi connectivity index (χ2n) is 10.1. The lowest BCUT2D eigenvalue weighted by Gasteiger charge is -2.35. The van der Waals surface area contributed by atoms with Crippen molar-refractivity contribution >= 4 is 12.0 Å². The first-order chi connectivity index (χ1) is 15.6. The number of rotatable bonds is 9. The molecule has 1 aliphatic carbocycles. The average Bonchev–Trinajstić information content (AvgIpc) is 3.15. The van der Waals surface area contributed by atoms with Gasteiger partial charge in [-0.2, -0.15) is 0 Å². The van der Waals surface area contributed by atoms with Gasteiger partial charge in [-0.25, -0.2) is 0 Å². The molecule has 0 radical (unpaired) electrons. The zero-order valence-electron chi connectivity index (χ0n) is 20.0. The molecule has 174 valence electrons. The smallest absolute Gasteiger partial charge is 0.120 e. The summed E-state index contributed by atoms with van der Waals surface area (Å²) >= 11 is 0. The molecule has 2 fully saturated rings. The average molecular weight is 436 g/mol. The van der Waals surface area contributed by atoms with Crippen molar-refractivity contribution in [2.45, 2.75) is 76.3 Å². The van der Waals surface area contributed by atoms with Crippen LogP contribution in [-0.4, -0.2) is 48.8 Å². The van der Waals surface area contributed by atoms with E-state index in [9.17, 15) is 4.79 Å². The fourth-order valence-corrected chi connectivity index (χ4v) is 6.11. The highest BCUT2D eigenvalue weighted by Crippen LogP contribution is 2.38. The molecule has 1 aromatic rings. The van der Waals surface area contributed by atoms with Gasteiger partial charge in [-0.05, 0) is 68.2 Å². The fourth-order valence-electron chi connectivity index (χ4n) is 6.11. The number of likely N-dealkylation sites (tertiary alicyclic amines) is 1. The molecule has 1 atom stereocenters. The highest BCUT2D eigenvalue weighted by molar-refractivity contribution is 5.70. The van der Waals surface area contributed by atoms with Crippen LogP contribution in [0, 0.1) is 5.92 Å². The van der Waals surface area contributed by atoms with Crippen LogP contribution in [-0.2, 0) is 11.3 Å². The number of piperidine rings is 1. The van der Waals surface area contributed by atoms with E-state index < -0.39 is 0 Å². The lowest BCUT2D eigenvalue weighted by atomic mass is 9.85. The quantitative estimate of drug-likeness (QED) is 0.533. The summed E-state index contributed by atoms with van der Waals surface area (Å²) in [5.74, 6) is 1.61. The van der Waals surface area contributed by atoms with Crippen molar-refractivity contribution in [3.63, 3.8) is 0 Å². The maximum absolute atomic E-state index is 11.0. The van der Waals surface area contributed by atoms with Gasteiger partial charge < -0.3 is 19.9 Å². The Morgan fingerprint density at radius 2 is 1.94 bits per heavy atom. The second kappa shape index (κ2) is 10.7. The van der Waals surface area contributed by atoms with Crippen molar-refractivity contribution in [1.29, 1.82) is 0 Å². The maximum atomic E-state index is 11.0. The summed E-state index contributed by atoms with van der Waals surface area (Å²) in [4.78, 5) is 16.0. The number of likely N-dealkylation sites (N-methyl/N-ethyl adjacent to an activating group) is 1. The van der Waals surface area contributed by atoms with E-state index in [1.807, 2.05) is 7.05 Å². The summed E-state index contributed by atoms with van der Waals surface area (Å²) in [7, 11) is 1.90. The summed E-state index contributed by atoms with van der Waals surface area (Å²) in [6.07, 6.45) is 12.1. The molecule has 2 heterocycles. The predicted molar refractivity (Wildman–Crippen MR) is 133 cm³/mol. The molecule has 1 saturated heterocycles. The summed E-state index contributed by atoms with van der Waals surface area (Å²) in [5, 5.41) is 3.20. The normalized spacial score (nSPS) is 21.4. The molecule has 1 unspecified atom stereocenters. The van der Waals surface area contributed by atoms with Gasteiger partial charge in [0.25, 0.3) is 0 Å². The van der Waals surface area contributed by atoms with Crippen molar-refractivity contribution in [3.8, 4) is 0 Å². The summed E-state index contributed by atoms with van der Waals surface area (Å²) in [6, 6.07) is 7.14. The molecule has 0 aromatic heterocycles. The van der Waals surface area contributed by atoms with Crippen LogP contribution in [0.3, 0.4) is 0 Å². The predicted octanol–water partition coefficient (Wildman–Crippen LogP) is 5.31. The number of aldehydes is 1. The van der Waals surface area contributed by atoms with Gasteiger partial charge in [0, 0.05) is 43.5 Å². The van der Waals surface area contributed by atoms with Crippen LogP contribution in [0.1, 0.15) is 80.4 Å². The number of nitrogens with one attached hydrogen (secondary N) is 1. The van der Waals surface area contributed by atoms with Crippen LogP contribution in [0.4, 0.5) is 0 Å². The third-order valence-corrected chi connectivity index (χ3v) is 8.09. The minimum absolute atomic E-state index is 0.0941. The first-order valence-electron chi connectivity index (χ1n) is 12.7.